The standard InChI is InChI=1S/C16H27NO/c1-5-14(4)12-18-16-8-6-15(7-9-16)11-17-10-13(2)3/h6-9,13-14,17H,5,10-12H2,1-4H3. The van der Waals surface area contributed by atoms with E-state index in [1.165, 1.54) is 5.56 Å². The van der Waals surface area contributed by atoms with Gasteiger partial charge in [-0.15, -0.1) is 0 Å². The fourth-order valence-electron chi connectivity index (χ4n) is 1.57. The predicted octanol–water partition coefficient (Wildman–Crippen LogP) is 3.86. The van der Waals surface area contributed by atoms with Crippen LogP contribution < -0.4 is 10.1 Å². The number of nitrogens with one attached hydrogen (secondary N) is 1. The Morgan fingerprint density at radius 3 is 2.33 bits per heavy atom. The summed E-state index contributed by atoms with van der Waals surface area (Å²) in [5.41, 5.74) is 1.31. The van der Waals surface area contributed by atoms with E-state index in [1.54, 1.807) is 0 Å². The van der Waals surface area contributed by atoms with Crippen molar-refractivity contribution in [2.24, 2.45) is 11.8 Å². The average Bonchev–Trinajstić information content (AvgIpc) is 2.37. The van der Waals surface area contributed by atoms with Crippen LogP contribution in [0.25, 0.3) is 0 Å². The molecular weight excluding hydrogens is 222 g/mol. The van der Waals surface area contributed by atoms with E-state index in [2.05, 4.69) is 57.3 Å². The molecule has 0 spiro atoms. The van der Waals surface area contributed by atoms with Crippen molar-refractivity contribution in [3.8, 4) is 5.75 Å². The first-order valence-corrected chi connectivity index (χ1v) is 7.04. The summed E-state index contributed by atoms with van der Waals surface area (Å²) in [6.07, 6.45) is 1.16. The summed E-state index contributed by atoms with van der Waals surface area (Å²) in [6.45, 7) is 11.6. The molecule has 0 aromatic heterocycles. The van der Waals surface area contributed by atoms with Crippen LogP contribution in [0.15, 0.2) is 24.3 Å². The van der Waals surface area contributed by atoms with Gasteiger partial charge in [-0.05, 0) is 36.1 Å². The lowest BCUT2D eigenvalue weighted by Crippen LogP contribution is -2.18. The fourth-order valence-corrected chi connectivity index (χ4v) is 1.57. The van der Waals surface area contributed by atoms with Crippen LogP contribution in [0, 0.1) is 11.8 Å². The number of benzene rings is 1. The molecule has 102 valence electrons. The molecule has 0 aliphatic carbocycles. The minimum atomic E-state index is 0.623. The van der Waals surface area contributed by atoms with E-state index in [1.807, 2.05) is 0 Å². The van der Waals surface area contributed by atoms with Gasteiger partial charge < -0.3 is 10.1 Å². The normalized spacial score (nSPS) is 12.7. The molecule has 0 aliphatic heterocycles. The van der Waals surface area contributed by atoms with E-state index in [0.717, 1.165) is 31.9 Å². The van der Waals surface area contributed by atoms with E-state index in [0.29, 0.717) is 11.8 Å². The van der Waals surface area contributed by atoms with Crippen molar-refractivity contribution in [2.45, 2.75) is 40.7 Å². The molecule has 1 aromatic rings. The molecule has 1 N–H and O–H groups in total. The Bertz CT molecular complexity index is 318. The Kier molecular flexibility index (Phi) is 6.81. The van der Waals surface area contributed by atoms with Crippen LogP contribution in [-0.4, -0.2) is 13.2 Å². The van der Waals surface area contributed by atoms with Crippen molar-refractivity contribution in [2.75, 3.05) is 13.2 Å². The highest BCUT2D eigenvalue weighted by Gasteiger charge is 2.01. The fraction of sp³-hybridized carbons (Fsp3) is 0.625. The second kappa shape index (κ2) is 8.15. The van der Waals surface area contributed by atoms with Crippen molar-refractivity contribution in [3.63, 3.8) is 0 Å². The topological polar surface area (TPSA) is 21.3 Å². The van der Waals surface area contributed by atoms with Crippen LogP contribution in [0.4, 0.5) is 0 Å². The number of hydrogen-bond acceptors (Lipinski definition) is 2. The molecule has 0 radical (unpaired) electrons. The molecule has 0 saturated carbocycles. The second-order valence-electron chi connectivity index (χ2n) is 5.49. The number of rotatable bonds is 8. The van der Waals surface area contributed by atoms with Crippen LogP contribution in [0.5, 0.6) is 5.75 Å². The quantitative estimate of drug-likeness (QED) is 0.755. The zero-order chi connectivity index (χ0) is 13.4. The van der Waals surface area contributed by atoms with Gasteiger partial charge in [0.15, 0.2) is 0 Å². The van der Waals surface area contributed by atoms with Crippen molar-refractivity contribution in [1.29, 1.82) is 0 Å². The highest BCUT2D eigenvalue weighted by Crippen LogP contribution is 2.14. The Morgan fingerprint density at radius 1 is 1.11 bits per heavy atom. The summed E-state index contributed by atoms with van der Waals surface area (Å²) >= 11 is 0. The summed E-state index contributed by atoms with van der Waals surface area (Å²) in [5.74, 6) is 2.29. The molecule has 0 bridgehead atoms. The zero-order valence-corrected chi connectivity index (χ0v) is 12.2. The number of hydrogen-bond donors (Lipinski definition) is 1. The maximum Gasteiger partial charge on any atom is 0.119 e. The van der Waals surface area contributed by atoms with Crippen LogP contribution in [0.1, 0.15) is 39.7 Å². The molecule has 1 rings (SSSR count). The van der Waals surface area contributed by atoms with Crippen molar-refractivity contribution < 1.29 is 4.74 Å². The lowest BCUT2D eigenvalue weighted by molar-refractivity contribution is 0.256. The zero-order valence-electron chi connectivity index (χ0n) is 12.2. The average molecular weight is 249 g/mol. The summed E-state index contributed by atoms with van der Waals surface area (Å²) in [4.78, 5) is 0. The van der Waals surface area contributed by atoms with Crippen LogP contribution in [-0.2, 0) is 6.54 Å². The molecule has 2 nitrogen and oxygen atoms in total. The summed E-state index contributed by atoms with van der Waals surface area (Å²) < 4.78 is 5.74. The van der Waals surface area contributed by atoms with E-state index in [4.69, 9.17) is 4.74 Å². The Morgan fingerprint density at radius 2 is 1.78 bits per heavy atom. The van der Waals surface area contributed by atoms with Crippen molar-refractivity contribution in [3.05, 3.63) is 29.8 Å². The smallest absolute Gasteiger partial charge is 0.119 e. The van der Waals surface area contributed by atoms with Gasteiger partial charge in [-0.1, -0.05) is 46.2 Å². The molecule has 0 heterocycles. The Labute approximate surface area is 112 Å². The van der Waals surface area contributed by atoms with Gasteiger partial charge in [-0.3, -0.25) is 0 Å². The molecule has 0 saturated heterocycles. The van der Waals surface area contributed by atoms with Gasteiger partial charge >= 0.3 is 0 Å². The largest absolute Gasteiger partial charge is 0.493 e. The third-order valence-electron chi connectivity index (χ3n) is 3.04. The van der Waals surface area contributed by atoms with Gasteiger partial charge in [-0.2, -0.15) is 0 Å². The molecule has 1 atom stereocenters. The minimum absolute atomic E-state index is 0.623. The van der Waals surface area contributed by atoms with Gasteiger partial charge in [0.05, 0.1) is 6.61 Å². The molecule has 0 amide bonds. The second-order valence-corrected chi connectivity index (χ2v) is 5.49. The molecule has 0 aliphatic rings. The maximum atomic E-state index is 5.74. The monoisotopic (exact) mass is 249 g/mol. The third kappa shape index (κ3) is 6.06. The summed E-state index contributed by atoms with van der Waals surface area (Å²) in [5, 5.41) is 3.44. The van der Waals surface area contributed by atoms with Gasteiger partial charge in [-0.25, -0.2) is 0 Å². The van der Waals surface area contributed by atoms with E-state index < -0.39 is 0 Å². The Hall–Kier alpha value is -1.02. The molecule has 18 heavy (non-hydrogen) atoms. The SMILES string of the molecule is CCC(C)COc1ccc(CNCC(C)C)cc1. The highest BCUT2D eigenvalue weighted by molar-refractivity contribution is 5.27. The van der Waals surface area contributed by atoms with Crippen LogP contribution in [0.3, 0.4) is 0 Å². The van der Waals surface area contributed by atoms with Gasteiger partial charge in [0.2, 0.25) is 0 Å². The molecule has 2 heteroatoms. The number of ether oxygens (including phenoxy) is 1. The molecular formula is C16H27NO. The van der Waals surface area contributed by atoms with Crippen LogP contribution in [0.2, 0.25) is 0 Å². The predicted molar refractivity (Wildman–Crippen MR) is 77.9 cm³/mol. The van der Waals surface area contributed by atoms with Gasteiger partial charge in [0, 0.05) is 6.54 Å². The summed E-state index contributed by atoms with van der Waals surface area (Å²) in [6, 6.07) is 8.40. The lowest BCUT2D eigenvalue weighted by Gasteiger charge is -2.12. The van der Waals surface area contributed by atoms with Crippen LogP contribution >= 0.6 is 0 Å². The Balaban J connectivity index is 2.33. The van der Waals surface area contributed by atoms with E-state index >= 15 is 0 Å². The van der Waals surface area contributed by atoms with Crippen molar-refractivity contribution in [1.82, 2.24) is 5.32 Å². The maximum absolute atomic E-state index is 5.74. The lowest BCUT2D eigenvalue weighted by atomic mass is 10.1. The highest BCUT2D eigenvalue weighted by atomic mass is 16.5. The third-order valence-corrected chi connectivity index (χ3v) is 3.04. The first-order chi connectivity index (χ1) is 8.61. The van der Waals surface area contributed by atoms with E-state index in [-0.39, 0.29) is 0 Å². The van der Waals surface area contributed by atoms with Crippen molar-refractivity contribution >= 4 is 0 Å². The molecule has 0 fully saturated rings. The van der Waals surface area contributed by atoms with Gasteiger partial charge in [0.25, 0.3) is 0 Å². The first-order valence-electron chi connectivity index (χ1n) is 7.04. The minimum Gasteiger partial charge on any atom is -0.493 e. The van der Waals surface area contributed by atoms with E-state index in [9.17, 15) is 0 Å². The first kappa shape index (κ1) is 15.0. The molecule has 1 aromatic carbocycles. The summed E-state index contributed by atoms with van der Waals surface area (Å²) in [7, 11) is 0. The van der Waals surface area contributed by atoms with Gasteiger partial charge in [0.1, 0.15) is 5.75 Å². The molecule has 1 unspecified atom stereocenters.